The Labute approximate surface area is 160 Å². The van der Waals surface area contributed by atoms with Crippen molar-refractivity contribution >= 4 is 17.3 Å². The Morgan fingerprint density at radius 2 is 2.07 bits per heavy atom. The summed E-state index contributed by atoms with van der Waals surface area (Å²) in [5.74, 6) is 0.606. The number of hydrogen-bond donors (Lipinski definition) is 2. The molecule has 2 heterocycles. The maximum atomic E-state index is 12.6. The summed E-state index contributed by atoms with van der Waals surface area (Å²) in [7, 11) is 3.58. The van der Waals surface area contributed by atoms with Crippen LogP contribution in [0.15, 0.2) is 10.4 Å². The minimum absolute atomic E-state index is 0.120. The Hall–Kier alpha value is -2.10. The number of aromatic nitrogens is 3. The second kappa shape index (κ2) is 8.73. The van der Waals surface area contributed by atoms with Crippen LogP contribution in [0.25, 0.3) is 0 Å². The molecular weight excluding hydrogens is 377 g/mol. The van der Waals surface area contributed by atoms with Crippen LogP contribution in [-0.4, -0.2) is 40.4 Å². The number of thiazole rings is 1. The lowest BCUT2D eigenvalue weighted by Crippen LogP contribution is -2.43. The van der Waals surface area contributed by atoms with Gasteiger partial charge in [-0.05, 0) is 32.8 Å². The zero-order valence-corrected chi connectivity index (χ0v) is 16.9. The number of nitrogens with zero attached hydrogens (tertiary/aromatic N) is 4. The summed E-state index contributed by atoms with van der Waals surface area (Å²) < 4.78 is 39.6. The van der Waals surface area contributed by atoms with Crippen LogP contribution in [0.1, 0.15) is 34.6 Å². The van der Waals surface area contributed by atoms with Gasteiger partial charge in [-0.3, -0.25) is 9.67 Å². The number of aryl methyl sites for hydroxylation is 2. The first-order valence-corrected chi connectivity index (χ1v) is 9.47. The van der Waals surface area contributed by atoms with Crippen molar-refractivity contribution in [1.29, 1.82) is 0 Å². The predicted molar refractivity (Wildman–Crippen MR) is 101 cm³/mol. The van der Waals surface area contributed by atoms with Gasteiger partial charge in [0.2, 0.25) is 0 Å². The number of hydrogen-bond acceptors (Lipinski definition) is 4. The van der Waals surface area contributed by atoms with E-state index in [-0.39, 0.29) is 6.04 Å². The zero-order valence-electron chi connectivity index (χ0n) is 16.1. The maximum Gasteiger partial charge on any atom is 0.434 e. The minimum atomic E-state index is -4.39. The van der Waals surface area contributed by atoms with Gasteiger partial charge < -0.3 is 10.6 Å². The molecule has 1 unspecified atom stereocenters. The topological polar surface area (TPSA) is 67.1 Å². The van der Waals surface area contributed by atoms with Gasteiger partial charge >= 0.3 is 6.18 Å². The molecule has 0 amide bonds. The highest BCUT2D eigenvalue weighted by atomic mass is 32.1. The molecule has 0 bridgehead atoms. The third-order valence-corrected chi connectivity index (χ3v) is 5.16. The van der Waals surface area contributed by atoms with Crippen LogP contribution in [0.5, 0.6) is 0 Å². The molecule has 2 rings (SSSR count). The monoisotopic (exact) mass is 402 g/mol. The first-order chi connectivity index (χ1) is 12.6. The third kappa shape index (κ3) is 5.69. The van der Waals surface area contributed by atoms with Crippen molar-refractivity contribution in [1.82, 2.24) is 25.4 Å². The van der Waals surface area contributed by atoms with Crippen molar-refractivity contribution in [2.24, 2.45) is 12.0 Å². The van der Waals surface area contributed by atoms with Crippen molar-refractivity contribution in [3.8, 4) is 0 Å². The SMILES string of the molecule is CN=C(NCCc1nc(C(F)(F)F)cs1)NC(C)Cc1c(C)nn(C)c1C. The lowest BCUT2D eigenvalue weighted by molar-refractivity contribution is -0.140. The van der Waals surface area contributed by atoms with E-state index < -0.39 is 11.9 Å². The number of guanidine groups is 1. The van der Waals surface area contributed by atoms with E-state index in [0.717, 1.165) is 34.5 Å². The molecular formula is C17H25F3N6S. The van der Waals surface area contributed by atoms with Gasteiger partial charge in [0.25, 0.3) is 0 Å². The molecule has 0 radical (unpaired) electrons. The van der Waals surface area contributed by atoms with Gasteiger partial charge in [0, 0.05) is 44.2 Å². The number of alkyl halides is 3. The first kappa shape index (κ1) is 21.2. The summed E-state index contributed by atoms with van der Waals surface area (Å²) in [4.78, 5) is 7.80. The molecule has 0 aliphatic heterocycles. The van der Waals surface area contributed by atoms with Crippen LogP contribution >= 0.6 is 11.3 Å². The summed E-state index contributed by atoms with van der Waals surface area (Å²) in [6.07, 6.45) is -3.19. The van der Waals surface area contributed by atoms with Crippen LogP contribution in [0, 0.1) is 13.8 Å². The Balaban J connectivity index is 1.84. The second-order valence-electron chi connectivity index (χ2n) is 6.40. The van der Waals surface area contributed by atoms with E-state index in [2.05, 4.69) is 32.6 Å². The average Bonchev–Trinajstić information content (AvgIpc) is 3.15. The van der Waals surface area contributed by atoms with Crippen molar-refractivity contribution in [2.45, 2.75) is 45.8 Å². The highest BCUT2D eigenvalue weighted by Crippen LogP contribution is 2.30. The normalized spacial score (nSPS) is 13.7. The number of halogens is 3. The van der Waals surface area contributed by atoms with Crippen LogP contribution in [-0.2, 0) is 26.1 Å². The molecule has 2 N–H and O–H groups in total. The van der Waals surface area contributed by atoms with Crippen LogP contribution < -0.4 is 10.6 Å². The lowest BCUT2D eigenvalue weighted by atomic mass is 10.1. The molecule has 0 saturated carbocycles. The molecule has 27 heavy (non-hydrogen) atoms. The molecule has 0 aliphatic rings. The standard InChI is InChI=1S/C17H25F3N6S/c1-10(8-13-11(2)25-26(5)12(13)3)23-16(21-4)22-7-6-15-24-14(9-27-15)17(18,19)20/h9-10H,6-8H2,1-5H3,(H2,21,22,23). The van der Waals surface area contributed by atoms with E-state index in [4.69, 9.17) is 0 Å². The highest BCUT2D eigenvalue weighted by molar-refractivity contribution is 7.09. The largest absolute Gasteiger partial charge is 0.434 e. The molecule has 150 valence electrons. The Morgan fingerprint density at radius 1 is 1.37 bits per heavy atom. The molecule has 0 aliphatic carbocycles. The zero-order chi connectivity index (χ0) is 20.2. The Bertz CT molecular complexity index is 793. The third-order valence-electron chi connectivity index (χ3n) is 4.25. The van der Waals surface area contributed by atoms with Gasteiger partial charge in [-0.15, -0.1) is 11.3 Å². The molecule has 0 spiro atoms. The van der Waals surface area contributed by atoms with Gasteiger partial charge in [-0.25, -0.2) is 4.98 Å². The molecule has 6 nitrogen and oxygen atoms in total. The highest BCUT2D eigenvalue weighted by Gasteiger charge is 2.33. The summed E-state index contributed by atoms with van der Waals surface area (Å²) in [6, 6.07) is 0.120. The summed E-state index contributed by atoms with van der Waals surface area (Å²) in [6.45, 7) is 6.53. The number of nitrogens with one attached hydrogen (secondary N) is 2. The molecule has 1 atom stereocenters. The summed E-state index contributed by atoms with van der Waals surface area (Å²) >= 11 is 1.02. The van der Waals surface area contributed by atoms with Crippen molar-refractivity contribution < 1.29 is 13.2 Å². The molecule has 0 aromatic carbocycles. The number of aliphatic imine (C=N–C) groups is 1. The summed E-state index contributed by atoms with van der Waals surface area (Å²) in [5, 5.41) is 12.3. The lowest BCUT2D eigenvalue weighted by Gasteiger charge is -2.18. The van der Waals surface area contributed by atoms with Gasteiger partial charge in [0.15, 0.2) is 11.7 Å². The molecule has 0 fully saturated rings. The molecule has 0 saturated heterocycles. The van der Waals surface area contributed by atoms with E-state index in [9.17, 15) is 13.2 Å². The van der Waals surface area contributed by atoms with E-state index >= 15 is 0 Å². The summed E-state index contributed by atoms with van der Waals surface area (Å²) in [5.41, 5.74) is 2.51. The van der Waals surface area contributed by atoms with E-state index in [1.807, 2.05) is 25.6 Å². The van der Waals surface area contributed by atoms with Crippen molar-refractivity contribution in [3.05, 3.63) is 33.0 Å². The first-order valence-electron chi connectivity index (χ1n) is 8.59. The second-order valence-corrected chi connectivity index (χ2v) is 7.34. The smallest absolute Gasteiger partial charge is 0.356 e. The van der Waals surface area contributed by atoms with Crippen molar-refractivity contribution in [2.75, 3.05) is 13.6 Å². The maximum absolute atomic E-state index is 12.6. The molecule has 10 heteroatoms. The van der Waals surface area contributed by atoms with Gasteiger partial charge in [-0.2, -0.15) is 18.3 Å². The van der Waals surface area contributed by atoms with Crippen molar-refractivity contribution in [3.63, 3.8) is 0 Å². The molecule has 2 aromatic heterocycles. The van der Waals surface area contributed by atoms with E-state index in [0.29, 0.717) is 23.9 Å². The fourth-order valence-corrected chi connectivity index (χ4v) is 3.55. The van der Waals surface area contributed by atoms with Crippen LogP contribution in [0.3, 0.4) is 0 Å². The van der Waals surface area contributed by atoms with Gasteiger partial charge in [-0.1, -0.05) is 0 Å². The average molecular weight is 402 g/mol. The number of rotatable bonds is 6. The fourth-order valence-electron chi connectivity index (χ4n) is 2.74. The molecule has 2 aromatic rings. The fraction of sp³-hybridized carbons (Fsp3) is 0.588. The van der Waals surface area contributed by atoms with Crippen LogP contribution in [0.4, 0.5) is 13.2 Å². The van der Waals surface area contributed by atoms with E-state index in [1.54, 1.807) is 7.05 Å². The van der Waals surface area contributed by atoms with Gasteiger partial charge in [0.1, 0.15) is 0 Å². The van der Waals surface area contributed by atoms with Gasteiger partial charge in [0.05, 0.1) is 10.7 Å². The quantitative estimate of drug-likeness (QED) is 0.576. The van der Waals surface area contributed by atoms with Crippen LogP contribution in [0.2, 0.25) is 0 Å². The minimum Gasteiger partial charge on any atom is -0.356 e. The Morgan fingerprint density at radius 3 is 2.59 bits per heavy atom. The Kier molecular flexibility index (Phi) is 6.85. The van der Waals surface area contributed by atoms with E-state index in [1.165, 1.54) is 5.56 Å². The predicted octanol–water partition coefficient (Wildman–Crippen LogP) is 2.85.